The summed E-state index contributed by atoms with van der Waals surface area (Å²) in [4.78, 5) is 4.92. The third-order valence-electron chi connectivity index (χ3n) is 4.17. The highest BCUT2D eigenvalue weighted by molar-refractivity contribution is 14.1. The van der Waals surface area contributed by atoms with Gasteiger partial charge in [-0.2, -0.15) is 0 Å². The van der Waals surface area contributed by atoms with Crippen molar-refractivity contribution in [3.8, 4) is 0 Å². The van der Waals surface area contributed by atoms with Crippen molar-refractivity contribution in [1.82, 2.24) is 0 Å². The van der Waals surface area contributed by atoms with Crippen LogP contribution in [0.15, 0.2) is 4.99 Å². The second-order valence-electron chi connectivity index (χ2n) is 6.60. The molecular formula is C14H24INO. The Kier molecular flexibility index (Phi) is 4.06. The summed E-state index contributed by atoms with van der Waals surface area (Å²) in [5.41, 5.74) is 0.488. The first-order valence-electron chi connectivity index (χ1n) is 6.75. The SMILES string of the molecule is CC(C)(C)C1COC(C2(CI)CCCCC2)=N1. The van der Waals surface area contributed by atoms with Crippen LogP contribution in [0.3, 0.4) is 0 Å². The number of halogens is 1. The molecule has 2 rings (SSSR count). The Balaban J connectivity index is 2.16. The number of nitrogens with zero attached hydrogens (tertiary/aromatic N) is 1. The minimum Gasteiger partial charge on any atom is -0.478 e. The van der Waals surface area contributed by atoms with E-state index in [4.69, 9.17) is 9.73 Å². The molecule has 98 valence electrons. The molecule has 1 unspecified atom stereocenters. The fourth-order valence-electron chi connectivity index (χ4n) is 2.74. The van der Waals surface area contributed by atoms with Crippen molar-refractivity contribution in [2.24, 2.45) is 15.8 Å². The number of hydrogen-bond acceptors (Lipinski definition) is 2. The summed E-state index contributed by atoms with van der Waals surface area (Å²) in [6, 6.07) is 0.347. The molecule has 3 heteroatoms. The van der Waals surface area contributed by atoms with E-state index in [-0.39, 0.29) is 10.8 Å². The van der Waals surface area contributed by atoms with Crippen molar-refractivity contribution in [1.29, 1.82) is 0 Å². The molecule has 2 nitrogen and oxygen atoms in total. The Morgan fingerprint density at radius 3 is 2.41 bits per heavy atom. The Morgan fingerprint density at radius 2 is 1.94 bits per heavy atom. The van der Waals surface area contributed by atoms with Crippen LogP contribution in [-0.2, 0) is 4.74 Å². The van der Waals surface area contributed by atoms with Crippen molar-refractivity contribution in [3.63, 3.8) is 0 Å². The van der Waals surface area contributed by atoms with Crippen LogP contribution in [0.5, 0.6) is 0 Å². The van der Waals surface area contributed by atoms with Crippen molar-refractivity contribution >= 4 is 28.5 Å². The van der Waals surface area contributed by atoms with Gasteiger partial charge >= 0.3 is 0 Å². The van der Waals surface area contributed by atoms with E-state index in [0.29, 0.717) is 6.04 Å². The molecule has 1 fully saturated rings. The van der Waals surface area contributed by atoms with Gasteiger partial charge in [0, 0.05) is 4.43 Å². The highest BCUT2D eigenvalue weighted by atomic mass is 127. The molecule has 0 saturated heterocycles. The summed E-state index contributed by atoms with van der Waals surface area (Å²) < 4.78 is 7.12. The Morgan fingerprint density at radius 1 is 1.29 bits per heavy atom. The van der Waals surface area contributed by atoms with Gasteiger partial charge in [-0.1, -0.05) is 62.6 Å². The quantitative estimate of drug-likeness (QED) is 0.540. The Hall–Kier alpha value is 0.200. The smallest absolute Gasteiger partial charge is 0.190 e. The van der Waals surface area contributed by atoms with Gasteiger partial charge in [-0.15, -0.1) is 0 Å². The average Bonchev–Trinajstić information content (AvgIpc) is 2.79. The Labute approximate surface area is 119 Å². The fraction of sp³-hybridized carbons (Fsp3) is 0.929. The molecule has 1 heterocycles. The number of rotatable bonds is 2. The van der Waals surface area contributed by atoms with Crippen LogP contribution in [0.1, 0.15) is 52.9 Å². The van der Waals surface area contributed by atoms with Gasteiger partial charge in [0.05, 0.1) is 11.5 Å². The van der Waals surface area contributed by atoms with E-state index < -0.39 is 0 Å². The molecule has 17 heavy (non-hydrogen) atoms. The molecular weight excluding hydrogens is 325 g/mol. The van der Waals surface area contributed by atoms with Crippen molar-refractivity contribution < 1.29 is 4.74 Å². The predicted octanol–water partition coefficient (Wildman–Crippen LogP) is 4.22. The number of ether oxygens (including phenoxy) is 1. The maximum Gasteiger partial charge on any atom is 0.190 e. The third-order valence-corrected chi connectivity index (χ3v) is 5.63. The van der Waals surface area contributed by atoms with Crippen LogP contribution < -0.4 is 0 Å². The maximum atomic E-state index is 5.97. The lowest BCUT2D eigenvalue weighted by Crippen LogP contribution is -2.35. The summed E-state index contributed by atoms with van der Waals surface area (Å²) in [5, 5.41) is 0. The Bertz CT molecular complexity index is 300. The molecule has 0 spiro atoms. The molecule has 1 aliphatic heterocycles. The number of alkyl halides is 1. The second-order valence-corrected chi connectivity index (χ2v) is 7.36. The van der Waals surface area contributed by atoms with Crippen LogP contribution in [0.2, 0.25) is 0 Å². The van der Waals surface area contributed by atoms with Crippen LogP contribution in [0, 0.1) is 10.8 Å². The van der Waals surface area contributed by atoms with E-state index >= 15 is 0 Å². The topological polar surface area (TPSA) is 21.6 Å². The van der Waals surface area contributed by atoms with E-state index in [1.807, 2.05) is 0 Å². The minimum atomic E-state index is 0.225. The third kappa shape index (κ3) is 2.79. The van der Waals surface area contributed by atoms with Crippen LogP contribution >= 0.6 is 22.6 Å². The fourth-order valence-corrected chi connectivity index (χ4v) is 3.83. The first-order chi connectivity index (χ1) is 7.98. The lowest BCUT2D eigenvalue weighted by molar-refractivity contribution is 0.204. The van der Waals surface area contributed by atoms with E-state index in [2.05, 4.69) is 43.4 Å². The van der Waals surface area contributed by atoms with Crippen molar-refractivity contribution in [3.05, 3.63) is 0 Å². The summed E-state index contributed by atoms with van der Waals surface area (Å²) >= 11 is 2.52. The van der Waals surface area contributed by atoms with Crippen molar-refractivity contribution in [2.75, 3.05) is 11.0 Å². The predicted molar refractivity (Wildman–Crippen MR) is 81.0 cm³/mol. The highest BCUT2D eigenvalue weighted by Gasteiger charge is 2.42. The lowest BCUT2D eigenvalue weighted by Gasteiger charge is -2.34. The molecule has 0 aromatic carbocycles. The summed E-state index contributed by atoms with van der Waals surface area (Å²) in [6.07, 6.45) is 6.60. The molecule has 1 atom stereocenters. The first kappa shape index (κ1) is 13.6. The molecule has 0 amide bonds. The average molecular weight is 349 g/mol. The second kappa shape index (κ2) is 5.06. The van der Waals surface area contributed by atoms with Gasteiger partial charge in [0.1, 0.15) is 6.61 Å². The van der Waals surface area contributed by atoms with Crippen molar-refractivity contribution in [2.45, 2.75) is 58.9 Å². The molecule has 1 saturated carbocycles. The lowest BCUT2D eigenvalue weighted by atomic mass is 9.75. The highest BCUT2D eigenvalue weighted by Crippen LogP contribution is 2.42. The molecule has 2 aliphatic rings. The van der Waals surface area contributed by atoms with Gasteiger partial charge in [0.25, 0.3) is 0 Å². The normalized spacial score (nSPS) is 28.7. The monoisotopic (exact) mass is 349 g/mol. The first-order valence-corrected chi connectivity index (χ1v) is 8.28. The maximum absolute atomic E-state index is 5.97. The van der Waals surface area contributed by atoms with E-state index in [0.717, 1.165) is 16.9 Å². The summed E-state index contributed by atoms with van der Waals surface area (Å²) in [6.45, 7) is 7.55. The molecule has 0 N–H and O–H groups in total. The number of hydrogen-bond donors (Lipinski definition) is 0. The van der Waals surface area contributed by atoms with Crippen LogP contribution in [-0.4, -0.2) is 23.0 Å². The van der Waals surface area contributed by atoms with Gasteiger partial charge in [0.2, 0.25) is 0 Å². The zero-order valence-corrected chi connectivity index (χ0v) is 13.4. The molecule has 1 aliphatic carbocycles. The van der Waals surface area contributed by atoms with E-state index in [1.54, 1.807) is 0 Å². The van der Waals surface area contributed by atoms with E-state index in [9.17, 15) is 0 Å². The summed E-state index contributed by atoms with van der Waals surface area (Å²) in [7, 11) is 0. The standard InChI is InChI=1S/C14H24INO/c1-13(2,3)11-9-17-12(16-11)14(10-15)7-5-4-6-8-14/h11H,4-10H2,1-3H3. The molecule has 0 bridgehead atoms. The molecule has 0 aromatic rings. The zero-order chi connectivity index (χ0) is 12.5. The van der Waals surface area contributed by atoms with Gasteiger partial charge in [-0.25, -0.2) is 4.99 Å². The minimum absolute atomic E-state index is 0.225. The molecule has 0 radical (unpaired) electrons. The van der Waals surface area contributed by atoms with Gasteiger partial charge < -0.3 is 4.74 Å². The van der Waals surface area contributed by atoms with E-state index in [1.165, 1.54) is 32.1 Å². The zero-order valence-electron chi connectivity index (χ0n) is 11.3. The van der Waals surface area contributed by atoms with Gasteiger partial charge in [0.15, 0.2) is 5.90 Å². The number of aliphatic imine (C=N–C) groups is 1. The van der Waals surface area contributed by atoms with Crippen LogP contribution in [0.4, 0.5) is 0 Å². The molecule has 0 aromatic heterocycles. The van der Waals surface area contributed by atoms with Gasteiger partial charge in [-0.3, -0.25) is 0 Å². The summed E-state index contributed by atoms with van der Waals surface area (Å²) in [5.74, 6) is 1.08. The van der Waals surface area contributed by atoms with Crippen LogP contribution in [0.25, 0.3) is 0 Å². The van der Waals surface area contributed by atoms with Gasteiger partial charge in [-0.05, 0) is 18.3 Å². The largest absolute Gasteiger partial charge is 0.478 e.